The normalized spacial score (nSPS) is 17.1. The molecule has 0 aromatic heterocycles. The number of carbonyl (C=O) groups excluding carboxylic acids is 3. The van der Waals surface area contributed by atoms with Gasteiger partial charge < -0.3 is 4.74 Å². The average molecular weight is 457 g/mol. The molecule has 0 radical (unpaired) electrons. The Balaban J connectivity index is 1.47. The van der Waals surface area contributed by atoms with Crippen LogP contribution in [0.5, 0.6) is 5.75 Å². The van der Waals surface area contributed by atoms with E-state index in [4.69, 9.17) is 4.74 Å². The summed E-state index contributed by atoms with van der Waals surface area (Å²) in [6.07, 6.45) is 0.410. The van der Waals surface area contributed by atoms with Gasteiger partial charge in [-0.25, -0.2) is 9.40 Å². The van der Waals surface area contributed by atoms with E-state index in [1.807, 2.05) is 12.1 Å². The smallest absolute Gasteiger partial charge is 0.299 e. The van der Waals surface area contributed by atoms with Gasteiger partial charge in [-0.3, -0.25) is 19.3 Å². The van der Waals surface area contributed by atoms with E-state index in [1.54, 1.807) is 55.6 Å². The van der Waals surface area contributed by atoms with Crippen LogP contribution in [0.3, 0.4) is 0 Å². The number of ether oxygens (including phenoxy) is 1. The van der Waals surface area contributed by atoms with Crippen molar-refractivity contribution in [1.29, 1.82) is 0 Å². The maximum atomic E-state index is 13.4. The van der Waals surface area contributed by atoms with Gasteiger partial charge in [-0.15, -0.1) is 0 Å². The van der Waals surface area contributed by atoms with E-state index in [1.165, 1.54) is 22.0 Å². The molecule has 2 amide bonds. The minimum absolute atomic E-state index is 0.281. The van der Waals surface area contributed by atoms with E-state index in [0.717, 1.165) is 5.56 Å². The minimum atomic E-state index is -0.738. The van der Waals surface area contributed by atoms with Crippen LogP contribution >= 0.6 is 0 Å². The average Bonchev–Trinajstić information content (AvgIpc) is 3.41. The molecule has 34 heavy (non-hydrogen) atoms. The fourth-order valence-corrected chi connectivity index (χ4v) is 4.26. The molecule has 3 aromatic rings. The Bertz CT molecular complexity index is 1320. The van der Waals surface area contributed by atoms with Gasteiger partial charge in [0.05, 0.1) is 30.1 Å². The topological polar surface area (TPSA) is 79.3 Å². The van der Waals surface area contributed by atoms with E-state index in [2.05, 4.69) is 5.10 Å². The van der Waals surface area contributed by atoms with Crippen LogP contribution < -0.4 is 9.64 Å². The van der Waals surface area contributed by atoms with Gasteiger partial charge in [0.25, 0.3) is 17.6 Å². The van der Waals surface area contributed by atoms with Gasteiger partial charge in [0.2, 0.25) is 0 Å². The van der Waals surface area contributed by atoms with Crippen molar-refractivity contribution >= 4 is 29.0 Å². The second-order valence-corrected chi connectivity index (χ2v) is 8.02. The number of hydrazone groups is 1. The minimum Gasteiger partial charge on any atom is -0.497 e. The molecular weight excluding hydrogens is 437 g/mol. The highest BCUT2D eigenvalue weighted by Crippen LogP contribution is 2.35. The lowest BCUT2D eigenvalue weighted by Crippen LogP contribution is -2.40. The largest absolute Gasteiger partial charge is 0.497 e. The number of benzene rings is 3. The highest BCUT2D eigenvalue weighted by atomic mass is 19.1. The maximum absolute atomic E-state index is 13.4. The SMILES string of the molecule is COc1ccc(C2CC(c3ccc(F)cc3)=NN2C(=O)CN2C(=O)C(=O)c3ccccc32)cc1. The van der Waals surface area contributed by atoms with Gasteiger partial charge in [0, 0.05) is 6.42 Å². The predicted octanol–water partition coefficient (Wildman–Crippen LogP) is 3.74. The lowest BCUT2D eigenvalue weighted by molar-refractivity contribution is -0.132. The number of ketones is 1. The Labute approximate surface area is 195 Å². The monoisotopic (exact) mass is 457 g/mol. The lowest BCUT2D eigenvalue weighted by Gasteiger charge is -2.25. The zero-order valence-corrected chi connectivity index (χ0v) is 18.3. The van der Waals surface area contributed by atoms with Crippen molar-refractivity contribution in [3.63, 3.8) is 0 Å². The number of amides is 2. The predicted molar refractivity (Wildman–Crippen MR) is 123 cm³/mol. The van der Waals surface area contributed by atoms with Crippen LogP contribution in [0.4, 0.5) is 10.1 Å². The summed E-state index contributed by atoms with van der Waals surface area (Å²) in [6, 6.07) is 19.4. The molecule has 1 unspecified atom stereocenters. The van der Waals surface area contributed by atoms with E-state index in [9.17, 15) is 18.8 Å². The third-order valence-corrected chi connectivity index (χ3v) is 6.02. The maximum Gasteiger partial charge on any atom is 0.299 e. The summed E-state index contributed by atoms with van der Waals surface area (Å²) in [6.45, 7) is -0.325. The molecule has 2 heterocycles. The van der Waals surface area contributed by atoms with Crippen molar-refractivity contribution in [3.8, 4) is 5.75 Å². The summed E-state index contributed by atoms with van der Waals surface area (Å²) in [5.74, 6) is -1.49. The van der Waals surface area contributed by atoms with Crippen molar-refractivity contribution in [3.05, 3.63) is 95.3 Å². The van der Waals surface area contributed by atoms with Gasteiger partial charge in [0.15, 0.2) is 0 Å². The highest BCUT2D eigenvalue weighted by Gasteiger charge is 2.40. The van der Waals surface area contributed by atoms with Crippen LogP contribution in [0.25, 0.3) is 0 Å². The quantitative estimate of drug-likeness (QED) is 0.547. The fourth-order valence-electron chi connectivity index (χ4n) is 4.26. The molecular formula is C26H20FN3O4. The summed E-state index contributed by atoms with van der Waals surface area (Å²) >= 11 is 0. The number of hydrogen-bond acceptors (Lipinski definition) is 5. The van der Waals surface area contributed by atoms with Gasteiger partial charge in [0.1, 0.15) is 18.1 Å². The van der Waals surface area contributed by atoms with Crippen LogP contribution in [-0.4, -0.2) is 42.0 Å². The summed E-state index contributed by atoms with van der Waals surface area (Å²) < 4.78 is 18.7. The second-order valence-electron chi connectivity index (χ2n) is 8.02. The number of fused-ring (bicyclic) bond motifs is 1. The fraction of sp³-hybridized carbons (Fsp3) is 0.154. The van der Waals surface area contributed by atoms with Crippen molar-refractivity contribution in [1.82, 2.24) is 5.01 Å². The Hall–Kier alpha value is -4.33. The molecule has 170 valence electrons. The Morgan fingerprint density at radius 1 is 1.03 bits per heavy atom. The van der Waals surface area contributed by atoms with Crippen molar-refractivity contribution in [2.45, 2.75) is 12.5 Å². The van der Waals surface area contributed by atoms with Crippen LogP contribution in [0, 0.1) is 5.82 Å². The van der Waals surface area contributed by atoms with Crippen LogP contribution in [0.15, 0.2) is 77.9 Å². The number of hydrogen-bond donors (Lipinski definition) is 0. The van der Waals surface area contributed by atoms with E-state index < -0.39 is 23.6 Å². The van der Waals surface area contributed by atoms with Gasteiger partial charge >= 0.3 is 0 Å². The van der Waals surface area contributed by atoms with Crippen LogP contribution in [0.2, 0.25) is 0 Å². The summed E-state index contributed by atoms with van der Waals surface area (Å²) in [7, 11) is 1.57. The third-order valence-electron chi connectivity index (χ3n) is 6.02. The number of para-hydroxylation sites is 1. The van der Waals surface area contributed by atoms with E-state index >= 15 is 0 Å². The number of methoxy groups -OCH3 is 1. The zero-order valence-electron chi connectivity index (χ0n) is 18.3. The molecule has 0 spiro atoms. The molecule has 0 N–H and O–H groups in total. The molecule has 0 saturated heterocycles. The molecule has 2 aliphatic rings. The lowest BCUT2D eigenvalue weighted by atomic mass is 9.98. The number of halogens is 1. The Morgan fingerprint density at radius 2 is 1.74 bits per heavy atom. The molecule has 1 atom stereocenters. The highest BCUT2D eigenvalue weighted by molar-refractivity contribution is 6.52. The Morgan fingerprint density at radius 3 is 2.44 bits per heavy atom. The molecule has 7 nitrogen and oxygen atoms in total. The van der Waals surface area contributed by atoms with Gasteiger partial charge in [-0.05, 0) is 47.5 Å². The van der Waals surface area contributed by atoms with Crippen molar-refractivity contribution in [2.24, 2.45) is 5.10 Å². The molecule has 0 bridgehead atoms. The van der Waals surface area contributed by atoms with E-state index in [-0.39, 0.29) is 17.9 Å². The standard InChI is InChI=1S/C26H20FN3O4/c1-34-19-12-8-17(9-13-19)23-14-21(16-6-10-18(27)11-7-16)28-30(23)24(31)15-29-22-5-3-2-4-20(22)25(32)26(29)33/h2-13,23H,14-15H2,1H3. The third kappa shape index (κ3) is 3.73. The van der Waals surface area contributed by atoms with Crippen molar-refractivity contribution in [2.75, 3.05) is 18.6 Å². The van der Waals surface area contributed by atoms with Gasteiger partial charge in [-0.1, -0.05) is 36.4 Å². The number of rotatable bonds is 5. The summed E-state index contributed by atoms with van der Waals surface area (Å²) in [5.41, 5.74) is 2.85. The number of anilines is 1. The Kier molecular flexibility index (Phi) is 5.41. The van der Waals surface area contributed by atoms with E-state index in [0.29, 0.717) is 29.1 Å². The first kappa shape index (κ1) is 21.5. The number of nitrogens with zero attached hydrogens (tertiary/aromatic N) is 3. The first-order valence-corrected chi connectivity index (χ1v) is 10.7. The zero-order chi connectivity index (χ0) is 23.8. The van der Waals surface area contributed by atoms with Crippen molar-refractivity contribution < 1.29 is 23.5 Å². The van der Waals surface area contributed by atoms with Crippen LogP contribution in [0.1, 0.15) is 33.9 Å². The number of Topliss-reactive ketones (excluding diaryl/α,β-unsaturated/α-hetero) is 1. The van der Waals surface area contributed by atoms with Gasteiger partial charge in [-0.2, -0.15) is 5.10 Å². The summed E-state index contributed by atoms with van der Waals surface area (Å²) in [5, 5.41) is 5.90. The molecule has 0 saturated carbocycles. The first-order chi connectivity index (χ1) is 16.5. The second kappa shape index (κ2) is 8.55. The molecule has 0 fully saturated rings. The first-order valence-electron chi connectivity index (χ1n) is 10.7. The molecule has 8 heteroatoms. The molecule has 3 aromatic carbocycles. The van der Waals surface area contributed by atoms with Crippen LogP contribution in [-0.2, 0) is 9.59 Å². The number of carbonyl (C=O) groups is 3. The molecule has 2 aliphatic heterocycles. The molecule has 5 rings (SSSR count). The molecule has 0 aliphatic carbocycles. The summed E-state index contributed by atoms with van der Waals surface area (Å²) in [4.78, 5) is 39.5.